The largest absolute Gasteiger partial charge is 0.347 e. The van der Waals surface area contributed by atoms with Gasteiger partial charge in [0, 0.05) is 36.4 Å². The normalized spacial score (nSPS) is 11.4. The fourth-order valence-electron chi connectivity index (χ4n) is 2.66. The molecule has 0 saturated carbocycles. The molecular formula is C18H20N4O3S2. The van der Waals surface area contributed by atoms with E-state index in [1.807, 2.05) is 37.7 Å². The van der Waals surface area contributed by atoms with Crippen LogP contribution >= 0.6 is 11.3 Å². The van der Waals surface area contributed by atoms with Crippen molar-refractivity contribution in [1.82, 2.24) is 14.9 Å². The van der Waals surface area contributed by atoms with E-state index < -0.39 is 10.0 Å². The Morgan fingerprint density at radius 2 is 2.07 bits per heavy atom. The highest BCUT2D eigenvalue weighted by Crippen LogP contribution is 2.23. The summed E-state index contributed by atoms with van der Waals surface area (Å²) in [5, 5.41) is 5.80. The van der Waals surface area contributed by atoms with Gasteiger partial charge < -0.3 is 9.88 Å². The van der Waals surface area contributed by atoms with Crippen LogP contribution in [0.25, 0.3) is 11.3 Å². The predicted octanol–water partition coefficient (Wildman–Crippen LogP) is 2.76. The van der Waals surface area contributed by atoms with Crippen molar-refractivity contribution in [1.29, 1.82) is 0 Å². The average molecular weight is 405 g/mol. The number of benzene rings is 1. The molecule has 0 saturated heterocycles. The number of thiazole rings is 1. The second-order valence-corrected chi connectivity index (χ2v) is 9.04. The van der Waals surface area contributed by atoms with Crippen molar-refractivity contribution in [3.8, 4) is 11.3 Å². The van der Waals surface area contributed by atoms with Gasteiger partial charge in [-0.1, -0.05) is 12.1 Å². The van der Waals surface area contributed by atoms with E-state index in [9.17, 15) is 13.2 Å². The molecule has 2 heterocycles. The van der Waals surface area contributed by atoms with Crippen molar-refractivity contribution in [3.63, 3.8) is 0 Å². The highest BCUT2D eigenvalue weighted by Gasteiger charge is 2.14. The molecular weight excluding hydrogens is 384 g/mol. The third kappa shape index (κ3) is 4.95. The molecule has 1 amide bonds. The van der Waals surface area contributed by atoms with E-state index in [2.05, 4.69) is 15.0 Å². The molecule has 2 N–H and O–H groups in total. The Morgan fingerprint density at radius 3 is 2.74 bits per heavy atom. The standard InChI is InChI=1S/C18H20N4O3S2/c1-12-20-16(11-26-12)14-8-17(22(2)10-14)18(23)19-9-13-5-4-6-15(7-13)21-27(3,24)25/h4-8,10-11,21H,9H2,1-3H3,(H,19,23). The summed E-state index contributed by atoms with van der Waals surface area (Å²) in [5.41, 5.74) is 3.53. The summed E-state index contributed by atoms with van der Waals surface area (Å²) in [7, 11) is -1.53. The topological polar surface area (TPSA) is 93.1 Å². The molecule has 0 spiro atoms. The zero-order valence-electron chi connectivity index (χ0n) is 15.2. The van der Waals surface area contributed by atoms with E-state index in [4.69, 9.17) is 0 Å². The van der Waals surface area contributed by atoms with E-state index in [-0.39, 0.29) is 12.5 Å². The van der Waals surface area contributed by atoms with Crippen LogP contribution in [0.5, 0.6) is 0 Å². The highest BCUT2D eigenvalue weighted by atomic mass is 32.2. The molecule has 0 unspecified atom stereocenters. The first-order valence-corrected chi connectivity index (χ1v) is 10.9. The van der Waals surface area contributed by atoms with Crippen molar-refractivity contribution >= 4 is 33.0 Å². The number of aryl methyl sites for hydroxylation is 2. The number of amides is 1. The predicted molar refractivity (Wildman–Crippen MR) is 107 cm³/mol. The molecule has 0 fully saturated rings. The van der Waals surface area contributed by atoms with Crippen LogP contribution in [0.3, 0.4) is 0 Å². The van der Waals surface area contributed by atoms with Crippen molar-refractivity contribution in [3.05, 3.63) is 58.2 Å². The quantitative estimate of drug-likeness (QED) is 0.661. The van der Waals surface area contributed by atoms with Gasteiger partial charge in [0.05, 0.1) is 17.0 Å². The molecule has 9 heteroatoms. The lowest BCUT2D eigenvalue weighted by Crippen LogP contribution is -2.24. The van der Waals surface area contributed by atoms with Gasteiger partial charge in [0.2, 0.25) is 10.0 Å². The fraction of sp³-hybridized carbons (Fsp3) is 0.222. The first-order chi connectivity index (χ1) is 12.7. The third-order valence-corrected chi connectivity index (χ3v) is 5.22. The number of hydrogen-bond acceptors (Lipinski definition) is 5. The summed E-state index contributed by atoms with van der Waals surface area (Å²) in [6, 6.07) is 8.72. The second-order valence-electron chi connectivity index (χ2n) is 6.23. The molecule has 1 aromatic carbocycles. The van der Waals surface area contributed by atoms with Crippen molar-refractivity contribution < 1.29 is 13.2 Å². The average Bonchev–Trinajstić information content (AvgIpc) is 3.17. The lowest BCUT2D eigenvalue weighted by Gasteiger charge is -2.08. The van der Waals surface area contributed by atoms with Crippen LogP contribution < -0.4 is 10.0 Å². The second kappa shape index (κ2) is 7.53. The molecule has 0 atom stereocenters. The van der Waals surface area contributed by atoms with E-state index in [1.165, 1.54) is 0 Å². The molecule has 2 aromatic heterocycles. The summed E-state index contributed by atoms with van der Waals surface area (Å²) < 4.78 is 26.9. The van der Waals surface area contributed by atoms with Crippen LogP contribution in [-0.4, -0.2) is 30.1 Å². The monoisotopic (exact) mass is 404 g/mol. The van der Waals surface area contributed by atoms with Gasteiger partial charge in [-0.25, -0.2) is 13.4 Å². The fourth-order valence-corrected chi connectivity index (χ4v) is 3.84. The van der Waals surface area contributed by atoms with Gasteiger partial charge in [0.1, 0.15) is 5.69 Å². The molecule has 142 valence electrons. The summed E-state index contributed by atoms with van der Waals surface area (Å²) in [4.78, 5) is 17.0. The van der Waals surface area contributed by atoms with Crippen LogP contribution in [0.15, 0.2) is 41.9 Å². The van der Waals surface area contributed by atoms with Crippen LogP contribution in [0.2, 0.25) is 0 Å². The van der Waals surface area contributed by atoms with E-state index in [0.29, 0.717) is 11.4 Å². The summed E-state index contributed by atoms with van der Waals surface area (Å²) >= 11 is 1.57. The maximum Gasteiger partial charge on any atom is 0.268 e. The lowest BCUT2D eigenvalue weighted by atomic mass is 10.2. The summed E-state index contributed by atoms with van der Waals surface area (Å²) in [5.74, 6) is -0.211. The van der Waals surface area contributed by atoms with Crippen LogP contribution in [-0.2, 0) is 23.6 Å². The number of rotatable bonds is 6. The molecule has 3 aromatic rings. The minimum absolute atomic E-state index is 0.211. The van der Waals surface area contributed by atoms with Gasteiger partial charge in [-0.2, -0.15) is 0 Å². The Bertz CT molecular complexity index is 1080. The Balaban J connectivity index is 1.70. The van der Waals surface area contributed by atoms with Crippen LogP contribution in [0, 0.1) is 6.92 Å². The van der Waals surface area contributed by atoms with Gasteiger partial charge in [0.25, 0.3) is 5.91 Å². The summed E-state index contributed by atoms with van der Waals surface area (Å²) in [6.45, 7) is 2.23. The zero-order valence-corrected chi connectivity index (χ0v) is 16.8. The zero-order chi connectivity index (χ0) is 19.6. The number of hydrogen-bond donors (Lipinski definition) is 2. The van der Waals surface area contributed by atoms with Crippen LogP contribution in [0.1, 0.15) is 21.1 Å². The first-order valence-electron chi connectivity index (χ1n) is 8.15. The molecule has 0 aliphatic rings. The number of nitrogens with zero attached hydrogens (tertiary/aromatic N) is 2. The minimum atomic E-state index is -3.34. The Hall–Kier alpha value is -2.65. The molecule has 0 bridgehead atoms. The van der Waals surface area contributed by atoms with Gasteiger partial charge in [-0.3, -0.25) is 9.52 Å². The summed E-state index contributed by atoms with van der Waals surface area (Å²) in [6.07, 6.45) is 2.97. The first kappa shape index (κ1) is 19.1. The Labute approximate surface area is 162 Å². The van der Waals surface area contributed by atoms with Crippen molar-refractivity contribution in [2.45, 2.75) is 13.5 Å². The van der Waals surface area contributed by atoms with Gasteiger partial charge in [-0.05, 0) is 30.7 Å². The van der Waals surface area contributed by atoms with Crippen molar-refractivity contribution in [2.75, 3.05) is 11.0 Å². The molecule has 0 radical (unpaired) electrons. The smallest absolute Gasteiger partial charge is 0.268 e. The molecule has 27 heavy (non-hydrogen) atoms. The molecule has 7 nitrogen and oxygen atoms in total. The number of sulfonamides is 1. The van der Waals surface area contributed by atoms with Gasteiger partial charge in [-0.15, -0.1) is 11.3 Å². The molecule has 3 rings (SSSR count). The van der Waals surface area contributed by atoms with Gasteiger partial charge in [0.15, 0.2) is 0 Å². The number of nitrogens with one attached hydrogen (secondary N) is 2. The number of carbonyl (C=O) groups excluding carboxylic acids is 1. The van der Waals surface area contributed by atoms with E-state index in [0.717, 1.165) is 28.1 Å². The lowest BCUT2D eigenvalue weighted by molar-refractivity contribution is 0.0943. The Morgan fingerprint density at radius 1 is 1.30 bits per heavy atom. The van der Waals surface area contributed by atoms with E-state index in [1.54, 1.807) is 34.1 Å². The number of anilines is 1. The molecule has 0 aliphatic carbocycles. The van der Waals surface area contributed by atoms with Crippen molar-refractivity contribution in [2.24, 2.45) is 7.05 Å². The SMILES string of the molecule is Cc1nc(-c2cc(C(=O)NCc3cccc(NS(C)(=O)=O)c3)n(C)c2)cs1. The maximum atomic E-state index is 12.5. The Kier molecular flexibility index (Phi) is 5.33. The maximum absolute atomic E-state index is 12.5. The number of carbonyl (C=O) groups is 1. The third-order valence-electron chi connectivity index (χ3n) is 3.84. The van der Waals surface area contributed by atoms with E-state index >= 15 is 0 Å². The van der Waals surface area contributed by atoms with Crippen LogP contribution in [0.4, 0.5) is 5.69 Å². The highest BCUT2D eigenvalue weighted by molar-refractivity contribution is 7.92. The number of aromatic nitrogens is 2. The molecule has 0 aliphatic heterocycles. The van der Waals surface area contributed by atoms with Gasteiger partial charge >= 0.3 is 0 Å². The minimum Gasteiger partial charge on any atom is -0.347 e.